The van der Waals surface area contributed by atoms with Crippen molar-refractivity contribution in [1.29, 1.82) is 0 Å². The van der Waals surface area contributed by atoms with Crippen LogP contribution in [0.15, 0.2) is 29.4 Å². The second-order valence-electron chi connectivity index (χ2n) is 3.96. The van der Waals surface area contributed by atoms with Gasteiger partial charge in [-0.25, -0.2) is 0 Å². The average Bonchev–Trinajstić information content (AvgIpc) is 2.04. The standard InChI is InChI=1S/C9H13N3Si/c1-13(2,3)9-7-5-4-6-8(9)11-12-10/h4-7H,1-3H3. The van der Waals surface area contributed by atoms with Gasteiger partial charge < -0.3 is 0 Å². The molecular weight excluding hydrogens is 178 g/mol. The summed E-state index contributed by atoms with van der Waals surface area (Å²) in [6.07, 6.45) is 0. The molecule has 0 aliphatic carbocycles. The molecule has 0 saturated heterocycles. The molecule has 0 aliphatic heterocycles. The normalized spacial score (nSPS) is 10.7. The second kappa shape index (κ2) is 3.64. The molecule has 0 amide bonds. The van der Waals surface area contributed by atoms with Crippen molar-refractivity contribution in [3.63, 3.8) is 0 Å². The fourth-order valence-corrected chi connectivity index (χ4v) is 2.74. The van der Waals surface area contributed by atoms with Gasteiger partial charge in [0.1, 0.15) is 0 Å². The molecule has 4 heteroatoms. The van der Waals surface area contributed by atoms with Crippen LogP contribution in [0.3, 0.4) is 0 Å². The van der Waals surface area contributed by atoms with Crippen LogP contribution < -0.4 is 5.19 Å². The number of nitrogens with zero attached hydrogens (tertiary/aromatic N) is 3. The Kier molecular flexibility index (Phi) is 2.75. The van der Waals surface area contributed by atoms with E-state index >= 15 is 0 Å². The summed E-state index contributed by atoms with van der Waals surface area (Å²) in [6, 6.07) is 7.81. The van der Waals surface area contributed by atoms with E-state index in [9.17, 15) is 0 Å². The molecule has 0 bridgehead atoms. The highest BCUT2D eigenvalue weighted by atomic mass is 28.3. The van der Waals surface area contributed by atoms with Crippen LogP contribution in [0.5, 0.6) is 0 Å². The highest BCUT2D eigenvalue weighted by Crippen LogP contribution is 2.14. The summed E-state index contributed by atoms with van der Waals surface area (Å²) in [7, 11) is -1.38. The zero-order valence-electron chi connectivity index (χ0n) is 8.15. The lowest BCUT2D eigenvalue weighted by atomic mass is 10.3. The van der Waals surface area contributed by atoms with Crippen molar-refractivity contribution >= 4 is 18.9 Å². The van der Waals surface area contributed by atoms with Crippen LogP contribution >= 0.6 is 0 Å². The van der Waals surface area contributed by atoms with Crippen molar-refractivity contribution in [1.82, 2.24) is 0 Å². The third kappa shape index (κ3) is 2.34. The summed E-state index contributed by atoms with van der Waals surface area (Å²) in [5.74, 6) is 0. The molecule has 0 N–H and O–H groups in total. The molecule has 0 radical (unpaired) electrons. The van der Waals surface area contributed by atoms with Crippen molar-refractivity contribution in [3.05, 3.63) is 34.7 Å². The van der Waals surface area contributed by atoms with Crippen LogP contribution in [0, 0.1) is 0 Å². The first-order valence-electron chi connectivity index (χ1n) is 4.20. The molecule has 0 aliphatic rings. The summed E-state index contributed by atoms with van der Waals surface area (Å²) in [4.78, 5) is 2.83. The molecule has 0 unspecified atom stereocenters. The van der Waals surface area contributed by atoms with Gasteiger partial charge in [0.05, 0.1) is 8.07 Å². The SMILES string of the molecule is C[Si](C)(C)c1ccccc1N=[N+]=[N-]. The Labute approximate surface area is 79.0 Å². The maximum atomic E-state index is 8.38. The topological polar surface area (TPSA) is 48.8 Å². The van der Waals surface area contributed by atoms with Gasteiger partial charge in [-0.1, -0.05) is 54.2 Å². The molecule has 68 valence electrons. The molecule has 0 atom stereocenters. The smallest absolute Gasteiger partial charge is 0.0656 e. The number of hydrogen-bond donors (Lipinski definition) is 0. The van der Waals surface area contributed by atoms with Crippen LogP contribution in [0.2, 0.25) is 19.6 Å². The van der Waals surface area contributed by atoms with E-state index in [4.69, 9.17) is 5.53 Å². The van der Waals surface area contributed by atoms with Crippen LogP contribution in [0.4, 0.5) is 5.69 Å². The molecule has 0 aromatic heterocycles. The highest BCUT2D eigenvalue weighted by molar-refractivity contribution is 6.89. The van der Waals surface area contributed by atoms with Gasteiger partial charge in [-0.3, -0.25) is 0 Å². The quantitative estimate of drug-likeness (QED) is 0.298. The lowest BCUT2D eigenvalue weighted by Gasteiger charge is -2.18. The van der Waals surface area contributed by atoms with Gasteiger partial charge in [0.15, 0.2) is 0 Å². The van der Waals surface area contributed by atoms with E-state index in [1.807, 2.05) is 18.2 Å². The fraction of sp³-hybridized carbons (Fsp3) is 0.333. The van der Waals surface area contributed by atoms with Crippen molar-refractivity contribution < 1.29 is 0 Å². The molecule has 0 saturated carbocycles. The number of benzene rings is 1. The first kappa shape index (κ1) is 9.83. The van der Waals surface area contributed by atoms with Crippen molar-refractivity contribution in [3.8, 4) is 0 Å². The monoisotopic (exact) mass is 191 g/mol. The van der Waals surface area contributed by atoms with Crippen LogP contribution in [-0.4, -0.2) is 8.07 Å². The van der Waals surface area contributed by atoms with Crippen LogP contribution in [0.1, 0.15) is 0 Å². The zero-order chi connectivity index (χ0) is 9.90. The molecule has 1 aromatic carbocycles. The van der Waals surface area contributed by atoms with Gasteiger partial charge in [-0.15, -0.1) is 0 Å². The average molecular weight is 191 g/mol. The van der Waals surface area contributed by atoms with Gasteiger partial charge in [-0.2, -0.15) is 0 Å². The minimum atomic E-state index is -1.38. The third-order valence-electron chi connectivity index (χ3n) is 1.86. The minimum Gasteiger partial charge on any atom is -0.0656 e. The van der Waals surface area contributed by atoms with Crippen molar-refractivity contribution in [2.24, 2.45) is 5.11 Å². The Balaban J connectivity index is 3.27. The Morgan fingerprint density at radius 3 is 2.38 bits per heavy atom. The van der Waals surface area contributed by atoms with Gasteiger partial charge in [-0.05, 0) is 5.53 Å². The van der Waals surface area contributed by atoms with E-state index in [2.05, 4.69) is 35.7 Å². The molecular formula is C9H13N3Si. The van der Waals surface area contributed by atoms with E-state index in [1.165, 1.54) is 5.19 Å². The first-order chi connectivity index (χ1) is 6.05. The van der Waals surface area contributed by atoms with Crippen LogP contribution in [0.25, 0.3) is 10.4 Å². The fourth-order valence-electron chi connectivity index (χ4n) is 1.24. The van der Waals surface area contributed by atoms with Gasteiger partial charge >= 0.3 is 0 Å². The van der Waals surface area contributed by atoms with E-state index in [0.717, 1.165) is 5.69 Å². The predicted octanol–water partition coefficient (Wildman–Crippen LogP) is 3.17. The predicted molar refractivity (Wildman–Crippen MR) is 58.2 cm³/mol. The largest absolute Gasteiger partial charge is 0.0782 e. The highest BCUT2D eigenvalue weighted by Gasteiger charge is 2.18. The van der Waals surface area contributed by atoms with Crippen molar-refractivity contribution in [2.45, 2.75) is 19.6 Å². The van der Waals surface area contributed by atoms with Gasteiger partial charge in [0.2, 0.25) is 0 Å². The summed E-state index contributed by atoms with van der Waals surface area (Å²) >= 11 is 0. The van der Waals surface area contributed by atoms with Crippen LogP contribution in [-0.2, 0) is 0 Å². The second-order valence-corrected chi connectivity index (χ2v) is 9.00. The Morgan fingerprint density at radius 1 is 1.23 bits per heavy atom. The molecule has 0 spiro atoms. The lowest BCUT2D eigenvalue weighted by Crippen LogP contribution is -2.37. The minimum absolute atomic E-state index is 0.782. The molecule has 13 heavy (non-hydrogen) atoms. The summed E-state index contributed by atoms with van der Waals surface area (Å²) in [5, 5.41) is 4.90. The Hall–Kier alpha value is -1.25. The molecule has 1 aromatic rings. The summed E-state index contributed by atoms with van der Waals surface area (Å²) in [5.41, 5.74) is 9.17. The van der Waals surface area contributed by atoms with Crippen molar-refractivity contribution in [2.75, 3.05) is 0 Å². The molecule has 0 heterocycles. The summed E-state index contributed by atoms with van der Waals surface area (Å²) in [6.45, 7) is 6.70. The maximum Gasteiger partial charge on any atom is 0.0782 e. The Bertz CT molecular complexity index is 348. The molecule has 1 rings (SSSR count). The van der Waals surface area contributed by atoms with E-state index in [1.54, 1.807) is 0 Å². The zero-order valence-corrected chi connectivity index (χ0v) is 9.15. The van der Waals surface area contributed by atoms with E-state index < -0.39 is 8.07 Å². The summed E-state index contributed by atoms with van der Waals surface area (Å²) < 4.78 is 0. The van der Waals surface area contributed by atoms with Gasteiger partial charge in [0, 0.05) is 10.6 Å². The Morgan fingerprint density at radius 2 is 1.85 bits per heavy atom. The van der Waals surface area contributed by atoms with E-state index in [-0.39, 0.29) is 0 Å². The van der Waals surface area contributed by atoms with E-state index in [0.29, 0.717) is 0 Å². The molecule has 0 fully saturated rings. The number of azide groups is 1. The first-order valence-corrected chi connectivity index (χ1v) is 7.70. The third-order valence-corrected chi connectivity index (χ3v) is 3.90. The van der Waals surface area contributed by atoms with Gasteiger partial charge in [0.25, 0.3) is 0 Å². The number of hydrogen-bond acceptors (Lipinski definition) is 1. The number of rotatable bonds is 2. The molecule has 3 nitrogen and oxygen atoms in total. The lowest BCUT2D eigenvalue weighted by molar-refractivity contribution is 1.49. The maximum absolute atomic E-state index is 8.38.